The van der Waals surface area contributed by atoms with Gasteiger partial charge >= 0.3 is 0 Å². The number of nitrogen functional groups attached to an aromatic ring is 1. The number of halogens is 4. The molecule has 0 atom stereocenters. The van der Waals surface area contributed by atoms with Crippen molar-refractivity contribution in [2.75, 3.05) is 5.73 Å². The molecule has 6 heteroatoms. The highest BCUT2D eigenvalue weighted by Crippen LogP contribution is 2.30. The van der Waals surface area contributed by atoms with Gasteiger partial charge in [-0.25, -0.2) is 0 Å². The minimum absolute atomic E-state index is 0.760. The molecule has 0 amide bonds. The van der Waals surface area contributed by atoms with E-state index in [0.29, 0.717) is 0 Å². The fraction of sp³-hybridized carbons (Fsp3) is 0. The first-order valence-corrected chi connectivity index (χ1v) is 10.2. The Kier molecular flexibility index (Phi) is 7.15. The summed E-state index contributed by atoms with van der Waals surface area (Å²) in [5, 5.41) is 2.09. The molecule has 0 saturated carbocycles. The van der Waals surface area contributed by atoms with Crippen LogP contribution in [0.3, 0.4) is 0 Å². The van der Waals surface area contributed by atoms with Crippen molar-refractivity contribution in [3.8, 4) is 10.4 Å². The van der Waals surface area contributed by atoms with Crippen LogP contribution in [0.1, 0.15) is 0 Å². The Morgan fingerprint density at radius 3 is 1.64 bits per heavy atom. The molecule has 2 N–H and O–H groups in total. The van der Waals surface area contributed by atoms with Gasteiger partial charge in [0.05, 0.1) is 0 Å². The zero-order valence-corrected chi connectivity index (χ0v) is 18.4. The molecule has 0 spiro atoms. The van der Waals surface area contributed by atoms with Gasteiger partial charge in [0.25, 0.3) is 0 Å². The molecule has 3 aromatic rings. The van der Waals surface area contributed by atoms with Gasteiger partial charge in [-0.2, -0.15) is 0 Å². The number of hydrogen-bond acceptors (Lipinski definition) is 2. The van der Waals surface area contributed by atoms with Crippen LogP contribution in [0, 0.1) is 0 Å². The molecule has 0 saturated heterocycles. The smallest absolute Gasteiger partial charge is 0.0343 e. The second kappa shape index (κ2) is 8.64. The third-order valence-electron chi connectivity index (χ3n) is 2.55. The Balaban J connectivity index is 0.000000172. The molecule has 0 aliphatic rings. The molecule has 0 aliphatic carbocycles. The summed E-state index contributed by atoms with van der Waals surface area (Å²) in [6, 6.07) is 16.1. The van der Waals surface area contributed by atoms with E-state index in [1.165, 1.54) is 10.4 Å². The molecular weight excluding hydrogens is 558 g/mol. The predicted octanol–water partition coefficient (Wildman–Crippen LogP) is 7.73. The lowest BCUT2D eigenvalue weighted by molar-refractivity contribution is 1.59. The third-order valence-corrected chi connectivity index (χ3v) is 5.30. The fourth-order valence-electron chi connectivity index (χ4n) is 1.71. The summed E-state index contributed by atoms with van der Waals surface area (Å²) in [7, 11) is 0. The molecule has 1 nitrogen and oxygen atoms in total. The number of nitrogens with two attached hydrogens (primary N) is 1. The van der Waals surface area contributed by atoms with Crippen LogP contribution in [-0.2, 0) is 0 Å². The summed E-state index contributed by atoms with van der Waals surface area (Å²) in [6.07, 6.45) is 0. The quantitative estimate of drug-likeness (QED) is 0.299. The second-order valence-corrected chi connectivity index (χ2v) is 8.95. The second-order valence-electron chi connectivity index (χ2n) is 4.34. The highest BCUT2D eigenvalue weighted by molar-refractivity contribution is 9.11. The largest absolute Gasteiger partial charge is 0.399 e. The summed E-state index contributed by atoms with van der Waals surface area (Å²) in [5.41, 5.74) is 7.51. The van der Waals surface area contributed by atoms with E-state index in [-0.39, 0.29) is 0 Å². The summed E-state index contributed by atoms with van der Waals surface area (Å²) in [5.74, 6) is 0. The topological polar surface area (TPSA) is 26.0 Å². The van der Waals surface area contributed by atoms with Crippen LogP contribution in [0.15, 0.2) is 71.8 Å². The summed E-state index contributed by atoms with van der Waals surface area (Å²) in [6.45, 7) is 0. The molecule has 114 valence electrons. The van der Waals surface area contributed by atoms with E-state index in [0.717, 1.165) is 23.6 Å². The van der Waals surface area contributed by atoms with E-state index >= 15 is 0 Å². The first-order valence-electron chi connectivity index (χ1n) is 6.15. The molecule has 0 aliphatic heterocycles. The molecule has 0 radical (unpaired) electrons. The first kappa shape index (κ1) is 18.2. The van der Waals surface area contributed by atoms with Crippen molar-refractivity contribution in [2.24, 2.45) is 0 Å². The van der Waals surface area contributed by atoms with E-state index in [1.807, 2.05) is 24.3 Å². The maximum atomic E-state index is 5.50. The maximum absolute atomic E-state index is 5.50. The number of rotatable bonds is 1. The Bertz CT molecular complexity index is 686. The number of anilines is 1. The van der Waals surface area contributed by atoms with E-state index in [2.05, 4.69) is 93.4 Å². The molecule has 1 aromatic heterocycles. The lowest BCUT2D eigenvalue weighted by Crippen LogP contribution is -1.82. The zero-order valence-electron chi connectivity index (χ0n) is 11.2. The standard InChI is InChI=1S/C10H6Br2S.C6H5Br2N/c11-8-4-7(5-9(12)6-8)10-2-1-3-13-10;7-4-1-5(8)3-6(9)2-4/h1-6H;1-3H,9H2. The maximum Gasteiger partial charge on any atom is 0.0343 e. The molecule has 3 rings (SSSR count). The van der Waals surface area contributed by atoms with Crippen molar-refractivity contribution in [2.45, 2.75) is 0 Å². The molecule has 0 bridgehead atoms. The van der Waals surface area contributed by atoms with Gasteiger partial charge in [-0.05, 0) is 53.4 Å². The minimum Gasteiger partial charge on any atom is -0.399 e. The van der Waals surface area contributed by atoms with Gasteiger partial charge in [0, 0.05) is 28.5 Å². The van der Waals surface area contributed by atoms with Crippen molar-refractivity contribution in [1.82, 2.24) is 0 Å². The third kappa shape index (κ3) is 5.81. The fourth-order valence-corrected chi connectivity index (χ4v) is 5.05. The predicted molar refractivity (Wildman–Crippen MR) is 111 cm³/mol. The SMILES string of the molecule is Brc1cc(Br)cc(-c2cccs2)c1.Nc1cc(Br)cc(Br)c1. The zero-order chi connectivity index (χ0) is 16.1. The van der Waals surface area contributed by atoms with Crippen LogP contribution < -0.4 is 5.73 Å². The van der Waals surface area contributed by atoms with Gasteiger partial charge in [-0.3, -0.25) is 0 Å². The van der Waals surface area contributed by atoms with Crippen LogP contribution in [0.4, 0.5) is 5.69 Å². The average Bonchev–Trinajstić information content (AvgIpc) is 2.90. The molecular formula is C16H11Br4NS. The number of hydrogen-bond donors (Lipinski definition) is 1. The van der Waals surface area contributed by atoms with Gasteiger partial charge < -0.3 is 5.73 Å². The minimum atomic E-state index is 0.760. The van der Waals surface area contributed by atoms with Gasteiger partial charge in [0.2, 0.25) is 0 Å². The molecule has 0 fully saturated rings. The summed E-state index contributed by atoms with van der Waals surface area (Å²) in [4.78, 5) is 1.29. The van der Waals surface area contributed by atoms with Crippen molar-refractivity contribution in [1.29, 1.82) is 0 Å². The number of benzene rings is 2. The summed E-state index contributed by atoms with van der Waals surface area (Å²) >= 11 is 15.3. The molecule has 1 heterocycles. The van der Waals surface area contributed by atoms with Crippen molar-refractivity contribution in [3.63, 3.8) is 0 Å². The summed E-state index contributed by atoms with van der Waals surface area (Å²) < 4.78 is 4.19. The van der Waals surface area contributed by atoms with Crippen molar-refractivity contribution in [3.05, 3.63) is 71.8 Å². The highest BCUT2D eigenvalue weighted by Gasteiger charge is 2.00. The lowest BCUT2D eigenvalue weighted by Gasteiger charge is -1.99. The van der Waals surface area contributed by atoms with Crippen LogP contribution in [0.5, 0.6) is 0 Å². The van der Waals surface area contributed by atoms with Crippen LogP contribution in [0.25, 0.3) is 10.4 Å². The first-order chi connectivity index (χ1) is 10.4. The normalized spacial score (nSPS) is 10.0. The van der Waals surface area contributed by atoms with Crippen LogP contribution in [0.2, 0.25) is 0 Å². The van der Waals surface area contributed by atoms with E-state index in [1.54, 1.807) is 11.3 Å². The van der Waals surface area contributed by atoms with Gasteiger partial charge in [-0.1, -0.05) is 69.8 Å². The van der Waals surface area contributed by atoms with E-state index in [4.69, 9.17) is 5.73 Å². The van der Waals surface area contributed by atoms with Gasteiger partial charge in [0.15, 0.2) is 0 Å². The van der Waals surface area contributed by atoms with Gasteiger partial charge in [0.1, 0.15) is 0 Å². The molecule has 2 aromatic carbocycles. The van der Waals surface area contributed by atoms with Gasteiger partial charge in [-0.15, -0.1) is 11.3 Å². The highest BCUT2D eigenvalue weighted by atomic mass is 79.9. The molecule has 0 unspecified atom stereocenters. The van der Waals surface area contributed by atoms with Crippen molar-refractivity contribution >= 4 is 80.7 Å². The van der Waals surface area contributed by atoms with Crippen LogP contribution in [-0.4, -0.2) is 0 Å². The van der Waals surface area contributed by atoms with E-state index < -0.39 is 0 Å². The van der Waals surface area contributed by atoms with Crippen molar-refractivity contribution < 1.29 is 0 Å². The van der Waals surface area contributed by atoms with Crippen LogP contribution >= 0.6 is 75.1 Å². The average molecular weight is 569 g/mol. The Hall–Kier alpha value is -0.140. The Morgan fingerprint density at radius 1 is 0.727 bits per heavy atom. The molecule has 22 heavy (non-hydrogen) atoms. The Morgan fingerprint density at radius 2 is 1.23 bits per heavy atom. The monoisotopic (exact) mass is 565 g/mol. The van der Waals surface area contributed by atoms with E-state index in [9.17, 15) is 0 Å². The lowest BCUT2D eigenvalue weighted by atomic mass is 10.2. The number of thiophene rings is 1. The Labute approximate surface area is 167 Å².